The lowest BCUT2D eigenvalue weighted by Crippen LogP contribution is -2.28. The van der Waals surface area contributed by atoms with Gasteiger partial charge < -0.3 is 15.0 Å². The number of rotatable bonds is 9. The van der Waals surface area contributed by atoms with Crippen LogP contribution in [0.2, 0.25) is 0 Å². The molecule has 9 heteroatoms. The predicted octanol–water partition coefficient (Wildman–Crippen LogP) is 1.84. The van der Waals surface area contributed by atoms with E-state index >= 15 is 0 Å². The van der Waals surface area contributed by atoms with Crippen LogP contribution in [0, 0.1) is 6.92 Å². The highest BCUT2D eigenvalue weighted by atomic mass is 32.2. The van der Waals surface area contributed by atoms with E-state index in [1.54, 1.807) is 19.2 Å². The molecule has 0 unspecified atom stereocenters. The molecule has 0 radical (unpaired) electrons. The second-order valence-electron chi connectivity index (χ2n) is 7.27. The lowest BCUT2D eigenvalue weighted by atomic mass is 10.1. The molecule has 1 saturated heterocycles. The van der Waals surface area contributed by atoms with Crippen LogP contribution in [0.5, 0.6) is 0 Å². The molecule has 3 rings (SSSR count). The molecule has 8 nitrogen and oxygen atoms in total. The molecular weight excluding hydrogens is 404 g/mol. The third-order valence-electron chi connectivity index (χ3n) is 5.05. The minimum atomic E-state index is -3.71. The van der Waals surface area contributed by atoms with Crippen molar-refractivity contribution in [3.63, 3.8) is 0 Å². The Bertz CT molecular complexity index is 971. The Balaban J connectivity index is 1.64. The number of hydrogen-bond donors (Lipinski definition) is 2. The number of amides is 1. The van der Waals surface area contributed by atoms with Gasteiger partial charge in [-0.2, -0.15) is 0 Å². The molecule has 1 aromatic carbocycles. The lowest BCUT2D eigenvalue weighted by Gasteiger charge is -2.16. The Hall–Kier alpha value is -2.49. The first-order valence-corrected chi connectivity index (χ1v) is 11.5. The van der Waals surface area contributed by atoms with Gasteiger partial charge in [0.25, 0.3) is 5.91 Å². The summed E-state index contributed by atoms with van der Waals surface area (Å²) in [6.45, 7) is 4.58. The lowest BCUT2D eigenvalue weighted by molar-refractivity contribution is 0.0950. The van der Waals surface area contributed by atoms with E-state index in [-0.39, 0.29) is 24.0 Å². The maximum atomic E-state index is 12.7. The molecule has 0 atom stereocenters. The molecule has 162 valence electrons. The summed E-state index contributed by atoms with van der Waals surface area (Å²) in [5.41, 5.74) is 1.91. The maximum Gasteiger partial charge on any atom is 0.251 e. The van der Waals surface area contributed by atoms with Crippen molar-refractivity contribution in [1.82, 2.24) is 15.0 Å². The molecule has 1 fully saturated rings. The van der Waals surface area contributed by atoms with Crippen molar-refractivity contribution in [1.29, 1.82) is 0 Å². The number of aromatic nitrogens is 1. The summed E-state index contributed by atoms with van der Waals surface area (Å²) >= 11 is 0. The van der Waals surface area contributed by atoms with Crippen LogP contribution in [-0.4, -0.2) is 52.7 Å². The Labute approximate surface area is 177 Å². The number of pyridine rings is 1. The van der Waals surface area contributed by atoms with Gasteiger partial charge in [0.05, 0.1) is 11.5 Å². The van der Waals surface area contributed by atoms with Crippen molar-refractivity contribution in [2.45, 2.75) is 31.2 Å². The highest BCUT2D eigenvalue weighted by molar-refractivity contribution is 7.89. The van der Waals surface area contributed by atoms with Crippen molar-refractivity contribution in [3.8, 4) is 0 Å². The van der Waals surface area contributed by atoms with Gasteiger partial charge >= 0.3 is 0 Å². The summed E-state index contributed by atoms with van der Waals surface area (Å²) in [6.07, 6.45) is 4.15. The number of carbonyl (C=O) groups excluding carboxylic acids is 1. The van der Waals surface area contributed by atoms with Gasteiger partial charge in [0.1, 0.15) is 5.82 Å². The Morgan fingerprint density at radius 2 is 1.97 bits per heavy atom. The van der Waals surface area contributed by atoms with Crippen LogP contribution in [0.15, 0.2) is 41.4 Å². The zero-order valence-corrected chi connectivity index (χ0v) is 18.2. The Kier molecular flexibility index (Phi) is 7.41. The van der Waals surface area contributed by atoms with Crippen LogP contribution in [0.1, 0.15) is 34.3 Å². The number of nitrogens with one attached hydrogen (secondary N) is 2. The molecule has 2 aromatic rings. The molecule has 1 aliphatic rings. The van der Waals surface area contributed by atoms with Crippen molar-refractivity contribution < 1.29 is 17.9 Å². The van der Waals surface area contributed by atoms with E-state index in [0.29, 0.717) is 17.7 Å². The van der Waals surface area contributed by atoms with Gasteiger partial charge in [0, 0.05) is 45.0 Å². The predicted molar refractivity (Wildman–Crippen MR) is 115 cm³/mol. The van der Waals surface area contributed by atoms with Gasteiger partial charge in [-0.1, -0.05) is 12.1 Å². The molecule has 30 heavy (non-hydrogen) atoms. The number of nitrogens with zero attached hydrogens (tertiary/aromatic N) is 2. The molecular formula is C21H28N4O4S. The molecule has 0 spiro atoms. The number of sulfonamides is 1. The fourth-order valence-corrected chi connectivity index (χ4v) is 4.35. The van der Waals surface area contributed by atoms with Gasteiger partial charge in [0.15, 0.2) is 0 Å². The van der Waals surface area contributed by atoms with Crippen LogP contribution in [0.3, 0.4) is 0 Å². The normalized spacial score (nSPS) is 14.1. The quantitative estimate of drug-likeness (QED) is 0.587. The molecule has 2 N–H and O–H groups in total. The van der Waals surface area contributed by atoms with Crippen LogP contribution in [0.25, 0.3) is 0 Å². The van der Waals surface area contributed by atoms with Crippen LogP contribution in [-0.2, 0) is 21.3 Å². The highest BCUT2D eigenvalue weighted by Crippen LogP contribution is 2.18. The van der Waals surface area contributed by atoms with Crippen molar-refractivity contribution >= 4 is 21.7 Å². The summed E-state index contributed by atoms with van der Waals surface area (Å²) < 4.78 is 32.1. The third-order valence-corrected chi connectivity index (χ3v) is 6.51. The molecule has 0 bridgehead atoms. The monoisotopic (exact) mass is 432 g/mol. The van der Waals surface area contributed by atoms with E-state index in [9.17, 15) is 13.2 Å². The maximum absolute atomic E-state index is 12.7. The number of benzene rings is 1. The molecule has 2 heterocycles. The van der Waals surface area contributed by atoms with E-state index in [1.807, 2.05) is 12.1 Å². The van der Waals surface area contributed by atoms with Gasteiger partial charge in [-0.15, -0.1) is 0 Å². The number of aryl methyl sites for hydroxylation is 1. The summed E-state index contributed by atoms with van der Waals surface area (Å²) in [4.78, 5) is 19.5. The van der Waals surface area contributed by atoms with E-state index in [0.717, 1.165) is 24.5 Å². The highest BCUT2D eigenvalue weighted by Gasteiger charge is 2.18. The first kappa shape index (κ1) is 22.2. The third kappa shape index (κ3) is 5.56. The SMILES string of the molecule is COCCNS(=O)(=O)c1ccc(C)c(C(=O)NCc2ccc(N3CCCC3)nc2)c1. The number of methoxy groups -OCH3 is 1. The number of hydrogen-bond acceptors (Lipinski definition) is 6. The number of anilines is 1. The van der Waals surface area contributed by atoms with E-state index < -0.39 is 10.0 Å². The minimum absolute atomic E-state index is 0.0472. The molecule has 0 saturated carbocycles. The van der Waals surface area contributed by atoms with Crippen molar-refractivity contribution in [2.24, 2.45) is 0 Å². The van der Waals surface area contributed by atoms with Gasteiger partial charge in [0.2, 0.25) is 10.0 Å². The fourth-order valence-electron chi connectivity index (χ4n) is 3.31. The van der Waals surface area contributed by atoms with Gasteiger partial charge in [-0.3, -0.25) is 4.79 Å². The first-order chi connectivity index (χ1) is 14.4. The van der Waals surface area contributed by atoms with Crippen molar-refractivity contribution in [2.75, 3.05) is 38.3 Å². The summed E-state index contributed by atoms with van der Waals surface area (Å²) in [6, 6.07) is 8.44. The zero-order valence-electron chi connectivity index (χ0n) is 17.3. The Morgan fingerprint density at radius 1 is 1.20 bits per heavy atom. The molecule has 1 amide bonds. The van der Waals surface area contributed by atoms with Crippen LogP contribution in [0.4, 0.5) is 5.82 Å². The van der Waals surface area contributed by atoms with Gasteiger partial charge in [-0.05, 0) is 49.1 Å². The molecule has 1 aromatic heterocycles. The number of ether oxygens (including phenoxy) is 1. The standard InChI is InChI=1S/C21H28N4O4S/c1-16-5-7-18(30(27,28)24-9-12-29-2)13-19(16)21(26)23-15-17-6-8-20(22-14-17)25-10-3-4-11-25/h5-8,13-14,24H,3-4,9-12,15H2,1-2H3,(H,23,26). The average molecular weight is 433 g/mol. The summed E-state index contributed by atoms with van der Waals surface area (Å²) in [5.74, 6) is 0.627. The Morgan fingerprint density at radius 3 is 2.63 bits per heavy atom. The molecule has 0 aliphatic carbocycles. The largest absolute Gasteiger partial charge is 0.383 e. The average Bonchev–Trinajstić information content (AvgIpc) is 3.27. The topological polar surface area (TPSA) is 101 Å². The summed E-state index contributed by atoms with van der Waals surface area (Å²) in [7, 11) is -2.21. The fraction of sp³-hybridized carbons (Fsp3) is 0.429. The minimum Gasteiger partial charge on any atom is -0.383 e. The van der Waals surface area contributed by atoms with Gasteiger partial charge in [-0.25, -0.2) is 18.1 Å². The molecule has 1 aliphatic heterocycles. The van der Waals surface area contributed by atoms with Crippen molar-refractivity contribution in [3.05, 3.63) is 53.2 Å². The smallest absolute Gasteiger partial charge is 0.251 e. The van der Waals surface area contributed by atoms with E-state index in [2.05, 4.69) is 19.9 Å². The second kappa shape index (κ2) is 10.0. The van der Waals surface area contributed by atoms with Crippen LogP contribution < -0.4 is 14.9 Å². The van der Waals surface area contributed by atoms with E-state index in [4.69, 9.17) is 4.74 Å². The number of carbonyl (C=O) groups is 1. The first-order valence-electron chi connectivity index (χ1n) is 9.98. The van der Waals surface area contributed by atoms with E-state index in [1.165, 1.54) is 32.1 Å². The second-order valence-corrected chi connectivity index (χ2v) is 9.04. The summed E-state index contributed by atoms with van der Waals surface area (Å²) in [5, 5.41) is 2.85. The zero-order chi connectivity index (χ0) is 21.6. The van der Waals surface area contributed by atoms with Crippen LogP contribution >= 0.6 is 0 Å².